The second-order valence-corrected chi connectivity index (χ2v) is 6.37. The minimum atomic E-state index is -0.246. The fourth-order valence-electron chi connectivity index (χ4n) is 2.79. The molecule has 0 unspecified atom stereocenters. The molecule has 7 nitrogen and oxygen atoms in total. The molecule has 29 heavy (non-hydrogen) atoms. The van der Waals surface area contributed by atoms with E-state index in [-0.39, 0.29) is 5.91 Å². The van der Waals surface area contributed by atoms with Crippen LogP contribution in [-0.2, 0) is 6.61 Å². The molecule has 7 heteroatoms. The Hall–Kier alpha value is -3.48. The van der Waals surface area contributed by atoms with Gasteiger partial charge in [-0.1, -0.05) is 5.16 Å². The lowest BCUT2D eigenvalue weighted by Gasteiger charge is -2.12. The Bertz CT molecular complexity index is 960. The molecule has 152 valence electrons. The van der Waals surface area contributed by atoms with Crippen molar-refractivity contribution in [1.82, 2.24) is 5.16 Å². The van der Waals surface area contributed by atoms with Crippen LogP contribution in [0, 0.1) is 13.8 Å². The third-order valence-corrected chi connectivity index (χ3v) is 4.40. The van der Waals surface area contributed by atoms with Crippen molar-refractivity contribution in [1.29, 1.82) is 0 Å². The largest absolute Gasteiger partial charge is 0.494 e. The maximum absolute atomic E-state index is 12.6. The summed E-state index contributed by atoms with van der Waals surface area (Å²) in [7, 11) is 1.53. The molecule has 0 aliphatic rings. The number of aromatic nitrogens is 1. The number of ether oxygens (including phenoxy) is 3. The lowest BCUT2D eigenvalue weighted by molar-refractivity contribution is 0.102. The first-order valence-electron chi connectivity index (χ1n) is 9.28. The van der Waals surface area contributed by atoms with Crippen molar-refractivity contribution in [2.45, 2.75) is 27.4 Å². The molecule has 0 spiro atoms. The molecule has 1 aromatic heterocycles. The summed E-state index contributed by atoms with van der Waals surface area (Å²) in [5.41, 5.74) is 2.81. The van der Waals surface area contributed by atoms with E-state index < -0.39 is 0 Å². The Labute approximate surface area is 169 Å². The summed E-state index contributed by atoms with van der Waals surface area (Å²) in [5, 5.41) is 6.77. The average molecular weight is 396 g/mol. The third-order valence-electron chi connectivity index (χ3n) is 4.40. The van der Waals surface area contributed by atoms with E-state index in [0.717, 1.165) is 17.0 Å². The Morgan fingerprint density at radius 3 is 2.45 bits per heavy atom. The Morgan fingerprint density at radius 2 is 1.83 bits per heavy atom. The molecule has 0 saturated carbocycles. The van der Waals surface area contributed by atoms with Gasteiger partial charge in [0.25, 0.3) is 5.91 Å². The molecule has 1 heterocycles. The maximum atomic E-state index is 12.6. The minimum Gasteiger partial charge on any atom is -0.494 e. The van der Waals surface area contributed by atoms with Crippen LogP contribution in [0.1, 0.15) is 34.3 Å². The second-order valence-electron chi connectivity index (χ2n) is 6.37. The van der Waals surface area contributed by atoms with Crippen LogP contribution in [-0.4, -0.2) is 24.8 Å². The predicted molar refractivity (Wildman–Crippen MR) is 109 cm³/mol. The van der Waals surface area contributed by atoms with Crippen LogP contribution in [0.5, 0.6) is 17.2 Å². The number of benzene rings is 2. The van der Waals surface area contributed by atoms with Gasteiger partial charge in [0, 0.05) is 11.3 Å². The lowest BCUT2D eigenvalue weighted by atomic mass is 10.1. The zero-order valence-corrected chi connectivity index (χ0v) is 16.9. The number of rotatable bonds is 8. The molecule has 1 amide bonds. The molecule has 0 fully saturated rings. The summed E-state index contributed by atoms with van der Waals surface area (Å²) in [5.74, 6) is 2.23. The SMILES string of the molecule is CCOc1ccc(NC(=O)c2ccc(OCc3c(C)noc3C)c(OC)c2)cc1. The minimum absolute atomic E-state index is 0.246. The smallest absolute Gasteiger partial charge is 0.255 e. The number of hydrogen-bond donors (Lipinski definition) is 1. The van der Waals surface area contributed by atoms with Gasteiger partial charge in [0.15, 0.2) is 11.5 Å². The molecule has 2 aromatic carbocycles. The fourth-order valence-corrected chi connectivity index (χ4v) is 2.79. The van der Waals surface area contributed by atoms with Gasteiger partial charge in [-0.05, 0) is 63.2 Å². The van der Waals surface area contributed by atoms with Crippen LogP contribution in [0.3, 0.4) is 0 Å². The van der Waals surface area contributed by atoms with Gasteiger partial charge in [-0.25, -0.2) is 0 Å². The van der Waals surface area contributed by atoms with E-state index in [4.69, 9.17) is 18.7 Å². The van der Waals surface area contributed by atoms with Gasteiger partial charge in [0.1, 0.15) is 18.1 Å². The first-order valence-corrected chi connectivity index (χ1v) is 9.28. The van der Waals surface area contributed by atoms with E-state index in [2.05, 4.69) is 10.5 Å². The molecule has 0 radical (unpaired) electrons. The monoisotopic (exact) mass is 396 g/mol. The normalized spacial score (nSPS) is 10.5. The van der Waals surface area contributed by atoms with Crippen LogP contribution in [0.4, 0.5) is 5.69 Å². The number of nitrogens with one attached hydrogen (secondary N) is 1. The van der Waals surface area contributed by atoms with Crippen LogP contribution < -0.4 is 19.5 Å². The standard InChI is InChI=1S/C22H24N2O5/c1-5-27-18-9-7-17(8-10-18)23-22(25)16-6-11-20(21(12-16)26-4)28-13-19-14(2)24-29-15(19)3/h6-12H,5,13H2,1-4H3,(H,23,25). The predicted octanol–water partition coefficient (Wildman–Crippen LogP) is 4.53. The number of amides is 1. The van der Waals surface area contributed by atoms with Crippen molar-refractivity contribution >= 4 is 11.6 Å². The number of carbonyl (C=O) groups excluding carboxylic acids is 1. The van der Waals surface area contributed by atoms with Crippen molar-refractivity contribution in [2.75, 3.05) is 19.0 Å². The van der Waals surface area contributed by atoms with E-state index in [1.807, 2.05) is 32.9 Å². The topological polar surface area (TPSA) is 82.8 Å². The van der Waals surface area contributed by atoms with E-state index in [1.54, 1.807) is 30.3 Å². The van der Waals surface area contributed by atoms with Crippen molar-refractivity contribution in [3.8, 4) is 17.2 Å². The van der Waals surface area contributed by atoms with Crippen LogP contribution in [0.2, 0.25) is 0 Å². The first-order chi connectivity index (χ1) is 14.0. The van der Waals surface area contributed by atoms with Crippen LogP contribution in [0.25, 0.3) is 0 Å². The first kappa shape index (κ1) is 20.3. The molecule has 0 atom stereocenters. The molecule has 3 aromatic rings. The molecule has 3 rings (SSSR count). The highest BCUT2D eigenvalue weighted by Crippen LogP contribution is 2.30. The quantitative estimate of drug-likeness (QED) is 0.602. The summed E-state index contributed by atoms with van der Waals surface area (Å²) >= 11 is 0. The molecule has 0 saturated heterocycles. The van der Waals surface area contributed by atoms with E-state index in [0.29, 0.717) is 41.7 Å². The summed E-state index contributed by atoms with van der Waals surface area (Å²) in [6.45, 7) is 6.52. The number of hydrogen-bond acceptors (Lipinski definition) is 6. The zero-order valence-electron chi connectivity index (χ0n) is 16.9. The molecular formula is C22H24N2O5. The fraction of sp³-hybridized carbons (Fsp3) is 0.273. The Kier molecular flexibility index (Phi) is 6.39. The van der Waals surface area contributed by atoms with Gasteiger partial charge in [-0.15, -0.1) is 0 Å². The summed E-state index contributed by atoms with van der Waals surface area (Å²) in [6, 6.07) is 12.3. The van der Waals surface area contributed by atoms with E-state index >= 15 is 0 Å². The highest BCUT2D eigenvalue weighted by atomic mass is 16.5. The summed E-state index contributed by atoms with van der Waals surface area (Å²) in [6.07, 6.45) is 0. The highest BCUT2D eigenvalue weighted by molar-refractivity contribution is 6.04. The summed E-state index contributed by atoms with van der Waals surface area (Å²) in [4.78, 5) is 12.6. The molecule has 0 bridgehead atoms. The van der Waals surface area contributed by atoms with Gasteiger partial charge in [-0.3, -0.25) is 4.79 Å². The van der Waals surface area contributed by atoms with Crippen molar-refractivity contribution in [3.05, 3.63) is 65.0 Å². The van der Waals surface area contributed by atoms with Gasteiger partial charge < -0.3 is 24.1 Å². The second kappa shape index (κ2) is 9.14. The maximum Gasteiger partial charge on any atom is 0.255 e. The number of aryl methyl sites for hydroxylation is 2. The number of anilines is 1. The van der Waals surface area contributed by atoms with Crippen molar-refractivity contribution in [2.24, 2.45) is 0 Å². The third kappa shape index (κ3) is 4.87. The van der Waals surface area contributed by atoms with Crippen molar-refractivity contribution in [3.63, 3.8) is 0 Å². The van der Waals surface area contributed by atoms with E-state index in [9.17, 15) is 4.79 Å². The van der Waals surface area contributed by atoms with Gasteiger partial charge in [0.2, 0.25) is 0 Å². The molecule has 0 aliphatic carbocycles. The van der Waals surface area contributed by atoms with Crippen LogP contribution in [0.15, 0.2) is 47.0 Å². The van der Waals surface area contributed by atoms with Gasteiger partial charge in [-0.2, -0.15) is 0 Å². The number of methoxy groups -OCH3 is 1. The van der Waals surface area contributed by atoms with Crippen molar-refractivity contribution < 1.29 is 23.5 Å². The Balaban J connectivity index is 1.69. The zero-order chi connectivity index (χ0) is 20.8. The Morgan fingerprint density at radius 1 is 1.07 bits per heavy atom. The van der Waals surface area contributed by atoms with Crippen LogP contribution >= 0.6 is 0 Å². The number of nitrogens with zero attached hydrogens (tertiary/aromatic N) is 1. The summed E-state index contributed by atoms with van der Waals surface area (Å²) < 4.78 is 21.8. The van der Waals surface area contributed by atoms with Gasteiger partial charge >= 0.3 is 0 Å². The number of carbonyl (C=O) groups is 1. The highest BCUT2D eigenvalue weighted by Gasteiger charge is 2.14. The van der Waals surface area contributed by atoms with Gasteiger partial charge in [0.05, 0.1) is 25.0 Å². The lowest BCUT2D eigenvalue weighted by Crippen LogP contribution is -2.12. The molecular weight excluding hydrogens is 372 g/mol. The molecule has 1 N–H and O–H groups in total. The molecule has 0 aliphatic heterocycles. The van der Waals surface area contributed by atoms with E-state index in [1.165, 1.54) is 7.11 Å². The average Bonchev–Trinajstić information content (AvgIpc) is 3.05.